The van der Waals surface area contributed by atoms with Crippen molar-refractivity contribution < 1.29 is 9.90 Å². The summed E-state index contributed by atoms with van der Waals surface area (Å²) >= 11 is 6.04. The van der Waals surface area contributed by atoms with Crippen molar-refractivity contribution in [2.75, 3.05) is 50.0 Å². The van der Waals surface area contributed by atoms with E-state index in [0.717, 1.165) is 42.1 Å². The van der Waals surface area contributed by atoms with Crippen LogP contribution in [0.5, 0.6) is 0 Å². The molecule has 9 nitrogen and oxygen atoms in total. The molecular formula is C32H38ClN7O2. The van der Waals surface area contributed by atoms with Crippen LogP contribution in [0.15, 0.2) is 66.9 Å². The number of aromatic nitrogens is 3. The van der Waals surface area contributed by atoms with Gasteiger partial charge >= 0.3 is 0 Å². The Balaban J connectivity index is 1.06. The van der Waals surface area contributed by atoms with Gasteiger partial charge in [0, 0.05) is 42.1 Å². The highest BCUT2D eigenvalue weighted by Crippen LogP contribution is 2.36. The summed E-state index contributed by atoms with van der Waals surface area (Å²) in [5, 5.41) is 22.9. The summed E-state index contributed by atoms with van der Waals surface area (Å²) in [6, 6.07) is 18.9. The van der Waals surface area contributed by atoms with Gasteiger partial charge in [-0.15, -0.1) is 5.10 Å². The number of nitrogens with zero attached hydrogens (tertiary/aromatic N) is 5. The number of carbonyl (C=O) groups is 1. The Morgan fingerprint density at radius 1 is 1.02 bits per heavy atom. The van der Waals surface area contributed by atoms with Crippen LogP contribution in [-0.4, -0.2) is 70.3 Å². The van der Waals surface area contributed by atoms with Crippen molar-refractivity contribution >= 4 is 40.5 Å². The van der Waals surface area contributed by atoms with E-state index in [1.54, 1.807) is 4.52 Å². The van der Waals surface area contributed by atoms with E-state index >= 15 is 0 Å². The molecular weight excluding hydrogens is 550 g/mol. The van der Waals surface area contributed by atoms with Crippen LogP contribution >= 0.6 is 11.6 Å². The summed E-state index contributed by atoms with van der Waals surface area (Å²) in [4.78, 5) is 22.0. The predicted molar refractivity (Wildman–Crippen MR) is 167 cm³/mol. The van der Waals surface area contributed by atoms with Gasteiger partial charge in [-0.25, -0.2) is 4.52 Å². The maximum absolute atomic E-state index is 12.7. The number of hydrogen-bond acceptors (Lipinski definition) is 7. The largest absolute Gasteiger partial charge is 0.385 e. The van der Waals surface area contributed by atoms with Gasteiger partial charge in [0.15, 0.2) is 5.65 Å². The molecule has 2 aliphatic heterocycles. The number of piperidine rings is 2. The molecule has 6 rings (SSSR count). The van der Waals surface area contributed by atoms with Gasteiger partial charge in [0.2, 0.25) is 5.95 Å². The lowest BCUT2D eigenvalue weighted by molar-refractivity contribution is 0.0118. The number of anilines is 3. The molecule has 2 aliphatic rings. The van der Waals surface area contributed by atoms with E-state index in [2.05, 4.69) is 32.6 Å². The molecule has 42 heavy (non-hydrogen) atoms. The average molecular weight is 588 g/mol. The lowest BCUT2D eigenvalue weighted by Crippen LogP contribution is -2.42. The van der Waals surface area contributed by atoms with E-state index < -0.39 is 5.60 Å². The van der Waals surface area contributed by atoms with Crippen molar-refractivity contribution in [3.8, 4) is 0 Å². The zero-order valence-corrected chi connectivity index (χ0v) is 24.7. The van der Waals surface area contributed by atoms with Gasteiger partial charge in [0.1, 0.15) is 0 Å². The van der Waals surface area contributed by atoms with Crippen LogP contribution in [0, 0.1) is 5.92 Å². The summed E-state index contributed by atoms with van der Waals surface area (Å²) in [5.41, 5.74) is 3.19. The molecule has 2 saturated heterocycles. The first-order chi connectivity index (χ1) is 20.4. The Kier molecular flexibility index (Phi) is 8.33. The number of likely N-dealkylation sites (tertiary alicyclic amines) is 1. The van der Waals surface area contributed by atoms with E-state index in [4.69, 9.17) is 16.6 Å². The number of carbonyl (C=O) groups excluding carboxylic acids is 1. The molecule has 0 bridgehead atoms. The van der Waals surface area contributed by atoms with Gasteiger partial charge in [-0.2, -0.15) is 4.98 Å². The highest BCUT2D eigenvalue weighted by atomic mass is 35.5. The summed E-state index contributed by atoms with van der Waals surface area (Å²) in [7, 11) is 2.17. The van der Waals surface area contributed by atoms with Crippen LogP contribution in [0.2, 0.25) is 5.02 Å². The molecule has 2 aromatic carbocycles. The molecule has 10 heteroatoms. The lowest BCUT2D eigenvalue weighted by Gasteiger charge is -2.39. The van der Waals surface area contributed by atoms with Crippen LogP contribution in [-0.2, 0) is 5.60 Å². The zero-order valence-electron chi connectivity index (χ0n) is 24.0. The molecule has 4 aromatic rings. The number of aliphatic hydroxyl groups is 1. The molecule has 0 radical (unpaired) electrons. The predicted octanol–water partition coefficient (Wildman–Crippen LogP) is 5.08. The monoisotopic (exact) mass is 587 g/mol. The smallest absolute Gasteiger partial charge is 0.251 e. The third-order valence-electron chi connectivity index (χ3n) is 8.73. The second-order valence-corrected chi connectivity index (χ2v) is 12.1. The van der Waals surface area contributed by atoms with Crippen molar-refractivity contribution in [2.24, 2.45) is 5.92 Å². The van der Waals surface area contributed by atoms with Gasteiger partial charge in [0.05, 0.1) is 11.3 Å². The topological polar surface area (TPSA) is 98.0 Å². The van der Waals surface area contributed by atoms with Gasteiger partial charge in [0.25, 0.3) is 5.91 Å². The van der Waals surface area contributed by atoms with Crippen LogP contribution in [0.3, 0.4) is 0 Å². The molecule has 2 fully saturated rings. The summed E-state index contributed by atoms with van der Waals surface area (Å²) < 4.78 is 1.77. The Bertz CT molecular complexity index is 1510. The minimum atomic E-state index is -0.873. The molecule has 0 aliphatic carbocycles. The molecule has 0 atom stereocenters. The number of benzene rings is 2. The van der Waals surface area contributed by atoms with E-state index in [9.17, 15) is 9.90 Å². The number of pyridine rings is 1. The molecule has 220 valence electrons. The van der Waals surface area contributed by atoms with E-state index in [-0.39, 0.29) is 5.91 Å². The third-order valence-corrected chi connectivity index (χ3v) is 8.99. The zero-order chi connectivity index (χ0) is 29.1. The minimum Gasteiger partial charge on any atom is -0.385 e. The third kappa shape index (κ3) is 6.38. The minimum absolute atomic E-state index is 0.0468. The first-order valence-corrected chi connectivity index (χ1v) is 15.2. The fourth-order valence-electron chi connectivity index (χ4n) is 6.03. The maximum Gasteiger partial charge on any atom is 0.251 e. The fourth-order valence-corrected chi connectivity index (χ4v) is 6.16. The summed E-state index contributed by atoms with van der Waals surface area (Å²) in [6.45, 7) is 4.37. The number of halogens is 1. The summed E-state index contributed by atoms with van der Waals surface area (Å²) in [5.74, 6) is 1.13. The normalized spacial score (nSPS) is 17.8. The van der Waals surface area contributed by atoms with Crippen molar-refractivity contribution in [3.63, 3.8) is 0 Å². The first kappa shape index (κ1) is 28.5. The number of nitrogens with one attached hydrogen (secondary N) is 2. The highest BCUT2D eigenvalue weighted by molar-refractivity contribution is 6.30. The van der Waals surface area contributed by atoms with Crippen LogP contribution in [0.1, 0.15) is 48.0 Å². The van der Waals surface area contributed by atoms with Crippen molar-refractivity contribution in [2.45, 2.75) is 37.7 Å². The van der Waals surface area contributed by atoms with Crippen LogP contribution in [0.25, 0.3) is 5.65 Å². The van der Waals surface area contributed by atoms with Gasteiger partial charge in [-0.05, 0) is 112 Å². The second kappa shape index (κ2) is 12.3. The number of fused-ring (bicyclic) bond motifs is 1. The standard InChI is InChI=1S/C32H38ClN7O2/c1-38-19-13-23(14-20-38)12-17-34-30(41)24-4-10-27(11-5-24)35-31-36-29-28(3-2-18-40(29)37-31)39-21-15-32(42,16-22-39)25-6-8-26(33)9-7-25/h2-11,18,23,42H,12-17,19-22H2,1H3,(H,34,41)(H,35,37). The highest BCUT2D eigenvalue weighted by Gasteiger charge is 2.34. The molecule has 0 unspecified atom stereocenters. The molecule has 4 heterocycles. The fraction of sp³-hybridized carbons (Fsp3) is 0.406. The van der Waals surface area contributed by atoms with Gasteiger partial charge in [-0.1, -0.05) is 23.7 Å². The number of rotatable bonds is 8. The second-order valence-electron chi connectivity index (χ2n) is 11.6. The van der Waals surface area contributed by atoms with Crippen LogP contribution in [0.4, 0.5) is 17.3 Å². The Morgan fingerprint density at radius 2 is 1.74 bits per heavy atom. The van der Waals surface area contributed by atoms with Gasteiger partial charge in [-0.3, -0.25) is 4.79 Å². The molecule has 0 spiro atoms. The first-order valence-electron chi connectivity index (χ1n) is 14.8. The summed E-state index contributed by atoms with van der Waals surface area (Å²) in [6.07, 6.45) is 6.53. The quantitative estimate of drug-likeness (QED) is 0.265. The number of hydrogen-bond donors (Lipinski definition) is 3. The van der Waals surface area contributed by atoms with Crippen LogP contribution < -0.4 is 15.5 Å². The van der Waals surface area contributed by atoms with E-state index in [0.29, 0.717) is 54.9 Å². The Hall–Kier alpha value is -3.66. The lowest BCUT2D eigenvalue weighted by atomic mass is 9.84. The van der Waals surface area contributed by atoms with E-state index in [1.165, 1.54) is 12.8 Å². The molecule has 3 N–H and O–H groups in total. The van der Waals surface area contributed by atoms with Crippen molar-refractivity contribution in [1.29, 1.82) is 0 Å². The average Bonchev–Trinajstić information content (AvgIpc) is 3.42. The maximum atomic E-state index is 12.7. The van der Waals surface area contributed by atoms with E-state index in [1.807, 2.05) is 66.9 Å². The molecule has 1 amide bonds. The Morgan fingerprint density at radius 3 is 2.45 bits per heavy atom. The van der Waals surface area contributed by atoms with Crippen molar-refractivity contribution in [3.05, 3.63) is 83.0 Å². The van der Waals surface area contributed by atoms with Crippen molar-refractivity contribution in [1.82, 2.24) is 24.8 Å². The Labute approximate surface area is 251 Å². The molecule has 2 aromatic heterocycles. The number of amides is 1. The van der Waals surface area contributed by atoms with Gasteiger partial charge < -0.3 is 25.5 Å². The SMILES string of the molecule is CN1CCC(CCNC(=O)c2ccc(Nc3nc4c(N5CCC(O)(c6ccc(Cl)cc6)CC5)cccn4n3)cc2)CC1. The molecule has 0 saturated carbocycles.